The van der Waals surface area contributed by atoms with Gasteiger partial charge in [0.05, 0.1) is 22.7 Å². The second kappa shape index (κ2) is 8.23. The number of amides is 2. The number of carbonyl (C=O) groups is 2. The minimum absolute atomic E-state index is 0.0936. The van der Waals surface area contributed by atoms with Crippen molar-refractivity contribution >= 4 is 39.5 Å². The summed E-state index contributed by atoms with van der Waals surface area (Å²) in [5.41, 5.74) is 1.85. The normalized spacial score (nSPS) is 15.2. The molecule has 32 heavy (non-hydrogen) atoms. The standard InChI is InChI=1S/C23H19FN4O3S/c24-14-5-3-13(4-6-14)11-28-12-16-18(22(30)27-10-17-25-8-9-32-17)15-2-1-7-26-20(15)21(29)19(16)23(28)31/h1-7,29H,8-12H2,(H,27,30). The maximum Gasteiger partial charge on any atom is 0.258 e. The number of nitrogens with zero attached hydrogens (tertiary/aromatic N) is 3. The molecule has 2 amide bonds. The Hall–Kier alpha value is -3.46. The van der Waals surface area contributed by atoms with Gasteiger partial charge >= 0.3 is 0 Å². The van der Waals surface area contributed by atoms with E-state index in [1.54, 1.807) is 36.0 Å². The van der Waals surface area contributed by atoms with Crippen molar-refractivity contribution < 1.29 is 19.1 Å². The van der Waals surface area contributed by atoms with Crippen molar-refractivity contribution in [3.05, 3.63) is 70.7 Å². The predicted octanol–water partition coefficient (Wildman–Crippen LogP) is 3.11. The summed E-state index contributed by atoms with van der Waals surface area (Å²) >= 11 is 1.61. The molecular formula is C23H19FN4O3S. The summed E-state index contributed by atoms with van der Waals surface area (Å²) in [7, 11) is 0. The molecule has 9 heteroatoms. The summed E-state index contributed by atoms with van der Waals surface area (Å²) in [6, 6.07) is 9.29. The third-order valence-electron chi connectivity index (χ3n) is 5.55. The number of hydrogen-bond acceptors (Lipinski definition) is 6. The predicted molar refractivity (Wildman–Crippen MR) is 120 cm³/mol. The zero-order chi connectivity index (χ0) is 22.2. The molecule has 0 radical (unpaired) electrons. The number of phenols is 1. The average Bonchev–Trinajstić information content (AvgIpc) is 3.43. The molecule has 0 unspecified atom stereocenters. The Morgan fingerprint density at radius 3 is 2.81 bits per heavy atom. The lowest BCUT2D eigenvalue weighted by molar-refractivity contribution is 0.0763. The maximum absolute atomic E-state index is 13.3. The first kappa shape index (κ1) is 20.4. The van der Waals surface area contributed by atoms with Crippen LogP contribution < -0.4 is 5.32 Å². The summed E-state index contributed by atoms with van der Waals surface area (Å²) in [4.78, 5) is 36.5. The van der Waals surface area contributed by atoms with E-state index in [0.717, 1.165) is 22.9 Å². The molecule has 7 nitrogen and oxygen atoms in total. The Bertz CT molecular complexity index is 1280. The van der Waals surface area contributed by atoms with E-state index in [0.29, 0.717) is 23.1 Å². The Balaban J connectivity index is 1.53. The van der Waals surface area contributed by atoms with E-state index in [-0.39, 0.29) is 47.6 Å². The molecule has 2 aliphatic rings. The van der Waals surface area contributed by atoms with E-state index in [2.05, 4.69) is 15.3 Å². The van der Waals surface area contributed by atoms with Crippen molar-refractivity contribution in [2.24, 2.45) is 4.99 Å². The highest BCUT2D eigenvalue weighted by Crippen LogP contribution is 2.39. The van der Waals surface area contributed by atoms with Gasteiger partial charge in [0, 0.05) is 42.5 Å². The summed E-state index contributed by atoms with van der Waals surface area (Å²) in [5, 5.41) is 15.1. The Morgan fingerprint density at radius 2 is 2.06 bits per heavy atom. The molecule has 2 aromatic carbocycles. The lowest BCUT2D eigenvalue weighted by atomic mass is 9.96. The molecule has 0 atom stereocenters. The first-order valence-electron chi connectivity index (χ1n) is 10.1. The quantitative estimate of drug-likeness (QED) is 0.623. The van der Waals surface area contributed by atoms with Crippen LogP contribution in [0.25, 0.3) is 10.9 Å². The highest BCUT2D eigenvalue weighted by Gasteiger charge is 2.36. The van der Waals surface area contributed by atoms with Crippen molar-refractivity contribution in [3.63, 3.8) is 0 Å². The second-order valence-electron chi connectivity index (χ2n) is 7.57. The molecule has 0 spiro atoms. The lowest BCUT2D eigenvalue weighted by Crippen LogP contribution is -2.29. The molecule has 162 valence electrons. The third-order valence-corrected chi connectivity index (χ3v) is 6.55. The van der Waals surface area contributed by atoms with Crippen LogP contribution >= 0.6 is 11.8 Å². The van der Waals surface area contributed by atoms with E-state index in [1.165, 1.54) is 23.2 Å². The summed E-state index contributed by atoms with van der Waals surface area (Å²) in [5.74, 6) is -0.414. The number of aromatic hydroxyl groups is 1. The van der Waals surface area contributed by atoms with Crippen LogP contribution in [0.15, 0.2) is 47.6 Å². The molecule has 0 saturated heterocycles. The molecule has 1 aromatic heterocycles. The van der Waals surface area contributed by atoms with Crippen LogP contribution in [0, 0.1) is 5.82 Å². The number of halogens is 1. The Morgan fingerprint density at radius 1 is 1.25 bits per heavy atom. The van der Waals surface area contributed by atoms with Gasteiger partial charge in [-0.15, -0.1) is 11.8 Å². The number of fused-ring (bicyclic) bond motifs is 2. The average molecular weight is 450 g/mol. The molecule has 2 N–H and O–H groups in total. The molecule has 0 saturated carbocycles. The van der Waals surface area contributed by atoms with Crippen LogP contribution in [0.4, 0.5) is 4.39 Å². The number of pyridine rings is 1. The number of aliphatic imine (C=N–C) groups is 1. The summed E-state index contributed by atoms with van der Waals surface area (Å²) < 4.78 is 13.3. The molecule has 0 bridgehead atoms. The van der Waals surface area contributed by atoms with Gasteiger partial charge in [0.15, 0.2) is 5.75 Å². The van der Waals surface area contributed by atoms with E-state index in [4.69, 9.17) is 0 Å². The van der Waals surface area contributed by atoms with Gasteiger partial charge in [-0.1, -0.05) is 18.2 Å². The van der Waals surface area contributed by atoms with Gasteiger partial charge in [0.25, 0.3) is 11.8 Å². The smallest absolute Gasteiger partial charge is 0.258 e. The van der Waals surface area contributed by atoms with Gasteiger partial charge < -0.3 is 15.3 Å². The fourth-order valence-corrected chi connectivity index (χ4v) is 4.86. The van der Waals surface area contributed by atoms with E-state index >= 15 is 0 Å². The fraction of sp³-hybridized carbons (Fsp3) is 0.217. The Labute approximate surface area is 187 Å². The van der Waals surface area contributed by atoms with E-state index in [1.807, 2.05) is 0 Å². The summed E-state index contributed by atoms with van der Waals surface area (Å²) in [6.45, 7) is 1.44. The first-order chi connectivity index (χ1) is 15.5. The third kappa shape index (κ3) is 3.58. The topological polar surface area (TPSA) is 94.9 Å². The summed E-state index contributed by atoms with van der Waals surface area (Å²) in [6.07, 6.45) is 1.51. The first-order valence-corrected chi connectivity index (χ1v) is 11.1. The van der Waals surface area contributed by atoms with Crippen LogP contribution in [0.5, 0.6) is 5.75 Å². The number of aromatic nitrogens is 1. The number of nitrogens with one attached hydrogen (secondary N) is 1. The lowest BCUT2D eigenvalue weighted by Gasteiger charge is -2.16. The molecule has 3 aromatic rings. The van der Waals surface area contributed by atoms with Crippen molar-refractivity contribution in [1.29, 1.82) is 0 Å². The van der Waals surface area contributed by atoms with Crippen LogP contribution in [0.1, 0.15) is 31.8 Å². The SMILES string of the molecule is O=C(NCC1=NCCS1)c1c2c(c(O)c3ncccc13)C(=O)N(Cc1ccc(F)cc1)C2. The number of benzene rings is 2. The molecular weight excluding hydrogens is 431 g/mol. The number of phenolic OH excluding ortho intramolecular Hbond substituents is 1. The van der Waals surface area contributed by atoms with Gasteiger partial charge in [-0.25, -0.2) is 4.39 Å². The number of carbonyl (C=O) groups excluding carboxylic acids is 2. The van der Waals surface area contributed by atoms with Crippen LogP contribution in [-0.2, 0) is 13.1 Å². The minimum Gasteiger partial charge on any atom is -0.505 e. The highest BCUT2D eigenvalue weighted by atomic mass is 32.2. The Kier molecular flexibility index (Phi) is 5.26. The molecule has 0 aliphatic carbocycles. The minimum atomic E-state index is -0.390. The zero-order valence-electron chi connectivity index (χ0n) is 17.0. The van der Waals surface area contributed by atoms with Gasteiger partial charge in [0.2, 0.25) is 0 Å². The van der Waals surface area contributed by atoms with Gasteiger partial charge in [-0.2, -0.15) is 0 Å². The molecule has 5 rings (SSSR count). The van der Waals surface area contributed by atoms with Crippen molar-refractivity contribution in [2.75, 3.05) is 18.8 Å². The van der Waals surface area contributed by atoms with E-state index in [9.17, 15) is 19.1 Å². The molecule has 2 aliphatic heterocycles. The van der Waals surface area contributed by atoms with Crippen LogP contribution in [-0.4, -0.2) is 50.7 Å². The molecule has 0 fully saturated rings. The second-order valence-corrected chi connectivity index (χ2v) is 8.74. The van der Waals surface area contributed by atoms with Crippen molar-refractivity contribution in [3.8, 4) is 5.75 Å². The van der Waals surface area contributed by atoms with Gasteiger partial charge in [-0.05, 0) is 23.8 Å². The highest BCUT2D eigenvalue weighted by molar-refractivity contribution is 8.14. The monoisotopic (exact) mass is 450 g/mol. The zero-order valence-corrected chi connectivity index (χ0v) is 17.8. The van der Waals surface area contributed by atoms with Crippen LogP contribution in [0.2, 0.25) is 0 Å². The molecule has 3 heterocycles. The van der Waals surface area contributed by atoms with Crippen LogP contribution in [0.3, 0.4) is 0 Å². The van der Waals surface area contributed by atoms with Crippen molar-refractivity contribution in [2.45, 2.75) is 13.1 Å². The fourth-order valence-electron chi connectivity index (χ4n) is 4.08. The van der Waals surface area contributed by atoms with Gasteiger partial charge in [-0.3, -0.25) is 19.6 Å². The number of thioether (sulfide) groups is 1. The number of hydrogen-bond donors (Lipinski definition) is 2. The maximum atomic E-state index is 13.3. The largest absolute Gasteiger partial charge is 0.505 e. The van der Waals surface area contributed by atoms with Gasteiger partial charge in [0.1, 0.15) is 11.3 Å². The van der Waals surface area contributed by atoms with Crippen molar-refractivity contribution in [1.82, 2.24) is 15.2 Å². The van der Waals surface area contributed by atoms with E-state index < -0.39 is 0 Å². The number of rotatable bonds is 5.